The van der Waals surface area contributed by atoms with E-state index in [0.717, 1.165) is 34.9 Å². The normalized spacial score (nSPS) is 11.5. The third-order valence-electron chi connectivity index (χ3n) is 4.57. The van der Waals surface area contributed by atoms with Crippen LogP contribution < -0.4 is 19.5 Å². The van der Waals surface area contributed by atoms with E-state index in [1.165, 1.54) is 0 Å². The fourth-order valence-corrected chi connectivity index (χ4v) is 2.78. The smallest absolute Gasteiger partial charge is 0.124 e. The van der Waals surface area contributed by atoms with Crippen LogP contribution in [0.1, 0.15) is 25.8 Å². The number of benzene rings is 3. The van der Waals surface area contributed by atoms with Gasteiger partial charge < -0.3 is 19.5 Å². The predicted octanol–water partition coefficient (Wildman–Crippen LogP) is 5.93. The number of hydrogen-bond donors (Lipinski definition) is 1. The maximum atomic E-state index is 5.94. The molecule has 0 aromatic heterocycles. The van der Waals surface area contributed by atoms with Crippen molar-refractivity contribution in [1.82, 2.24) is 0 Å². The fourth-order valence-electron chi connectivity index (χ4n) is 2.78. The highest BCUT2D eigenvalue weighted by Gasteiger charge is 2.05. The Morgan fingerprint density at radius 2 is 1.45 bits per heavy atom. The molecule has 3 aromatic carbocycles. The Labute approximate surface area is 173 Å². The van der Waals surface area contributed by atoms with Crippen molar-refractivity contribution in [1.29, 1.82) is 0 Å². The minimum Gasteiger partial charge on any atom is -0.491 e. The molecular formula is C25H29NO3. The molecule has 3 rings (SSSR count). The summed E-state index contributed by atoms with van der Waals surface area (Å²) < 4.78 is 17.5. The topological polar surface area (TPSA) is 39.7 Å². The number of anilines is 1. The van der Waals surface area contributed by atoms with Crippen LogP contribution in [-0.2, 0) is 6.54 Å². The molecule has 0 heterocycles. The molecule has 0 spiro atoms. The van der Waals surface area contributed by atoms with E-state index < -0.39 is 0 Å². The molecule has 0 aliphatic rings. The maximum absolute atomic E-state index is 5.94. The first kappa shape index (κ1) is 20.6. The van der Waals surface area contributed by atoms with Crippen LogP contribution in [-0.4, -0.2) is 19.3 Å². The Hall–Kier alpha value is -3.14. The number of hydrogen-bond acceptors (Lipinski definition) is 4. The zero-order valence-corrected chi connectivity index (χ0v) is 17.1. The third kappa shape index (κ3) is 6.75. The Balaban J connectivity index is 1.48. The van der Waals surface area contributed by atoms with E-state index in [1.807, 2.05) is 72.8 Å². The summed E-state index contributed by atoms with van der Waals surface area (Å²) in [6.45, 7) is 5.88. The number of ether oxygens (including phenoxy) is 3. The third-order valence-corrected chi connectivity index (χ3v) is 4.57. The second-order valence-corrected chi connectivity index (χ2v) is 6.83. The van der Waals surface area contributed by atoms with Crippen molar-refractivity contribution in [3.8, 4) is 17.2 Å². The lowest BCUT2D eigenvalue weighted by Gasteiger charge is -2.15. The van der Waals surface area contributed by atoms with Gasteiger partial charge in [-0.2, -0.15) is 0 Å². The molecule has 0 saturated carbocycles. The van der Waals surface area contributed by atoms with Crippen molar-refractivity contribution < 1.29 is 14.2 Å². The van der Waals surface area contributed by atoms with E-state index >= 15 is 0 Å². The minimum absolute atomic E-state index is 0.226. The molecule has 3 aromatic rings. The quantitative estimate of drug-likeness (QED) is 0.411. The Morgan fingerprint density at radius 3 is 2.21 bits per heavy atom. The predicted molar refractivity (Wildman–Crippen MR) is 118 cm³/mol. The van der Waals surface area contributed by atoms with Crippen LogP contribution >= 0.6 is 0 Å². The molecule has 4 nitrogen and oxygen atoms in total. The highest BCUT2D eigenvalue weighted by atomic mass is 16.5. The summed E-state index contributed by atoms with van der Waals surface area (Å²) >= 11 is 0. The molecule has 0 aliphatic carbocycles. The van der Waals surface area contributed by atoms with Gasteiger partial charge in [-0.05, 0) is 55.8 Å². The first-order chi connectivity index (χ1) is 14.2. The largest absolute Gasteiger partial charge is 0.491 e. The van der Waals surface area contributed by atoms with Gasteiger partial charge in [0.15, 0.2) is 0 Å². The monoisotopic (exact) mass is 391 g/mol. The standard InChI is InChI=1S/C25H29NO3/c1-3-20(2)29-24-15-13-22(14-16-24)26-19-21-9-7-8-12-25(21)28-18-17-27-23-10-5-4-6-11-23/h4-16,20,26H,3,17-19H2,1-2H3. The van der Waals surface area contributed by atoms with Crippen molar-refractivity contribution in [2.75, 3.05) is 18.5 Å². The fraction of sp³-hybridized carbons (Fsp3) is 0.280. The maximum Gasteiger partial charge on any atom is 0.124 e. The van der Waals surface area contributed by atoms with Crippen molar-refractivity contribution in [2.45, 2.75) is 32.9 Å². The zero-order chi connectivity index (χ0) is 20.3. The van der Waals surface area contributed by atoms with Crippen LogP contribution in [0.4, 0.5) is 5.69 Å². The van der Waals surface area contributed by atoms with Gasteiger partial charge in [-0.15, -0.1) is 0 Å². The van der Waals surface area contributed by atoms with Crippen LogP contribution in [0.15, 0.2) is 78.9 Å². The number of rotatable bonds is 11. The summed E-state index contributed by atoms with van der Waals surface area (Å²) in [5, 5.41) is 3.45. The van der Waals surface area contributed by atoms with Crippen LogP contribution in [0.3, 0.4) is 0 Å². The highest BCUT2D eigenvalue weighted by Crippen LogP contribution is 2.22. The Bertz CT molecular complexity index is 849. The zero-order valence-electron chi connectivity index (χ0n) is 17.1. The van der Waals surface area contributed by atoms with Crippen molar-refractivity contribution in [3.63, 3.8) is 0 Å². The van der Waals surface area contributed by atoms with Gasteiger partial charge in [0.05, 0.1) is 6.10 Å². The average Bonchev–Trinajstić information content (AvgIpc) is 2.77. The molecule has 0 radical (unpaired) electrons. The molecule has 0 fully saturated rings. The summed E-state index contributed by atoms with van der Waals surface area (Å²) in [6, 6.07) is 25.9. The van der Waals surface area contributed by atoms with Crippen LogP contribution in [0.25, 0.3) is 0 Å². The summed E-state index contributed by atoms with van der Waals surface area (Å²) in [5.41, 5.74) is 2.15. The molecule has 152 valence electrons. The van der Waals surface area contributed by atoms with Gasteiger partial charge in [0, 0.05) is 17.8 Å². The van der Waals surface area contributed by atoms with E-state index in [-0.39, 0.29) is 6.10 Å². The van der Waals surface area contributed by atoms with E-state index in [2.05, 4.69) is 25.2 Å². The second-order valence-electron chi connectivity index (χ2n) is 6.83. The minimum atomic E-state index is 0.226. The molecule has 0 bridgehead atoms. The molecule has 1 atom stereocenters. The number of para-hydroxylation sites is 2. The van der Waals surface area contributed by atoms with Gasteiger partial charge in [-0.1, -0.05) is 43.3 Å². The van der Waals surface area contributed by atoms with Crippen LogP contribution in [0.5, 0.6) is 17.2 Å². The first-order valence-corrected chi connectivity index (χ1v) is 10.1. The molecule has 0 aliphatic heterocycles. The number of nitrogens with one attached hydrogen (secondary N) is 1. The summed E-state index contributed by atoms with van der Waals surface area (Å²) in [7, 11) is 0. The molecule has 4 heteroatoms. The van der Waals surface area contributed by atoms with Crippen molar-refractivity contribution in [3.05, 3.63) is 84.4 Å². The van der Waals surface area contributed by atoms with Gasteiger partial charge in [-0.25, -0.2) is 0 Å². The van der Waals surface area contributed by atoms with Crippen molar-refractivity contribution >= 4 is 5.69 Å². The van der Waals surface area contributed by atoms with Gasteiger partial charge in [0.1, 0.15) is 30.5 Å². The lowest BCUT2D eigenvalue weighted by atomic mass is 10.2. The van der Waals surface area contributed by atoms with E-state index in [4.69, 9.17) is 14.2 Å². The highest BCUT2D eigenvalue weighted by molar-refractivity contribution is 5.48. The van der Waals surface area contributed by atoms with Crippen molar-refractivity contribution in [2.24, 2.45) is 0 Å². The summed E-state index contributed by atoms with van der Waals surface area (Å²) in [4.78, 5) is 0. The molecular weight excluding hydrogens is 362 g/mol. The lowest BCUT2D eigenvalue weighted by Crippen LogP contribution is -2.11. The molecule has 1 N–H and O–H groups in total. The van der Waals surface area contributed by atoms with Gasteiger partial charge in [0.2, 0.25) is 0 Å². The Morgan fingerprint density at radius 1 is 0.759 bits per heavy atom. The van der Waals surface area contributed by atoms with Gasteiger partial charge >= 0.3 is 0 Å². The van der Waals surface area contributed by atoms with E-state index in [0.29, 0.717) is 19.8 Å². The molecule has 1 unspecified atom stereocenters. The molecule has 0 amide bonds. The van der Waals surface area contributed by atoms with Gasteiger partial charge in [0.25, 0.3) is 0 Å². The lowest BCUT2D eigenvalue weighted by molar-refractivity contribution is 0.216. The SMILES string of the molecule is CCC(C)Oc1ccc(NCc2ccccc2OCCOc2ccccc2)cc1. The Kier molecular flexibility index (Phi) is 7.81. The molecule has 29 heavy (non-hydrogen) atoms. The summed E-state index contributed by atoms with van der Waals surface area (Å²) in [6.07, 6.45) is 1.22. The first-order valence-electron chi connectivity index (χ1n) is 10.1. The average molecular weight is 392 g/mol. The molecule has 0 saturated heterocycles. The summed E-state index contributed by atoms with van der Waals surface area (Å²) in [5.74, 6) is 2.62. The van der Waals surface area contributed by atoms with Gasteiger partial charge in [-0.3, -0.25) is 0 Å². The van der Waals surface area contributed by atoms with E-state index in [1.54, 1.807) is 0 Å². The van der Waals surface area contributed by atoms with E-state index in [9.17, 15) is 0 Å². The van der Waals surface area contributed by atoms with Crippen LogP contribution in [0, 0.1) is 0 Å². The van der Waals surface area contributed by atoms with Crippen LogP contribution in [0.2, 0.25) is 0 Å². The second kappa shape index (κ2) is 11.0.